The first-order valence-corrected chi connectivity index (χ1v) is 4.29. The van der Waals surface area contributed by atoms with Crippen molar-refractivity contribution in [2.24, 2.45) is 0 Å². The first-order valence-electron chi connectivity index (χ1n) is 4.29. The Hall–Kier alpha value is -1.75. The lowest BCUT2D eigenvalue weighted by Crippen LogP contribution is -2.19. The molecular formula is C9H10N4O. The number of H-pyrrole nitrogens is 1. The van der Waals surface area contributed by atoms with E-state index in [1.165, 1.54) is 0 Å². The standard InChI is InChI=1S/C9H10N4O/c1-10-5-8(14)9-6-2-3-11-4-7(6)12-13-9/h2-4,10H,5H2,1H3,(H,12,13). The Morgan fingerprint density at radius 2 is 2.50 bits per heavy atom. The highest BCUT2D eigenvalue weighted by Gasteiger charge is 2.12. The van der Waals surface area contributed by atoms with Crippen molar-refractivity contribution < 1.29 is 4.79 Å². The molecule has 2 rings (SSSR count). The smallest absolute Gasteiger partial charge is 0.197 e. The van der Waals surface area contributed by atoms with E-state index >= 15 is 0 Å². The van der Waals surface area contributed by atoms with Crippen molar-refractivity contribution in [3.63, 3.8) is 0 Å². The Balaban J connectivity index is 2.47. The molecule has 5 nitrogen and oxygen atoms in total. The normalized spacial score (nSPS) is 10.6. The van der Waals surface area contributed by atoms with E-state index in [0.29, 0.717) is 12.2 Å². The number of pyridine rings is 1. The van der Waals surface area contributed by atoms with Crippen molar-refractivity contribution in [1.29, 1.82) is 0 Å². The zero-order valence-electron chi connectivity index (χ0n) is 7.74. The van der Waals surface area contributed by atoms with Gasteiger partial charge in [0, 0.05) is 11.6 Å². The molecule has 0 radical (unpaired) electrons. The Bertz CT molecular complexity index is 463. The third kappa shape index (κ3) is 1.38. The first kappa shape index (κ1) is 8.83. The van der Waals surface area contributed by atoms with Crippen LogP contribution in [0.4, 0.5) is 0 Å². The fourth-order valence-electron chi connectivity index (χ4n) is 1.32. The summed E-state index contributed by atoms with van der Waals surface area (Å²) in [5.74, 6) is -0.0232. The molecule has 0 saturated carbocycles. The lowest BCUT2D eigenvalue weighted by molar-refractivity contribution is 0.0990. The number of carbonyl (C=O) groups excluding carboxylic acids is 1. The fraction of sp³-hybridized carbons (Fsp3) is 0.222. The van der Waals surface area contributed by atoms with Gasteiger partial charge >= 0.3 is 0 Å². The number of aromatic nitrogens is 3. The minimum absolute atomic E-state index is 0.0232. The lowest BCUT2D eigenvalue weighted by Gasteiger charge is -1.94. The average molecular weight is 190 g/mol. The number of nitrogens with zero attached hydrogens (tertiary/aromatic N) is 2. The molecule has 0 aliphatic heterocycles. The molecule has 0 unspecified atom stereocenters. The Morgan fingerprint density at radius 3 is 3.29 bits per heavy atom. The Kier molecular flexibility index (Phi) is 2.24. The third-order valence-electron chi connectivity index (χ3n) is 1.97. The summed E-state index contributed by atoms with van der Waals surface area (Å²) < 4.78 is 0. The van der Waals surface area contributed by atoms with Crippen LogP contribution >= 0.6 is 0 Å². The van der Waals surface area contributed by atoms with Crippen LogP contribution in [0.5, 0.6) is 0 Å². The summed E-state index contributed by atoms with van der Waals surface area (Å²) in [4.78, 5) is 15.5. The van der Waals surface area contributed by atoms with E-state index in [-0.39, 0.29) is 5.78 Å². The zero-order valence-corrected chi connectivity index (χ0v) is 7.74. The van der Waals surface area contributed by atoms with Gasteiger partial charge in [-0.2, -0.15) is 5.10 Å². The van der Waals surface area contributed by atoms with Gasteiger partial charge in [0.2, 0.25) is 0 Å². The van der Waals surface area contributed by atoms with Crippen molar-refractivity contribution in [1.82, 2.24) is 20.5 Å². The molecule has 2 aromatic rings. The molecule has 2 aromatic heterocycles. The first-order chi connectivity index (χ1) is 6.83. The molecule has 0 spiro atoms. The summed E-state index contributed by atoms with van der Waals surface area (Å²) >= 11 is 0. The van der Waals surface area contributed by atoms with Crippen LogP contribution in [0.3, 0.4) is 0 Å². The summed E-state index contributed by atoms with van der Waals surface area (Å²) in [6, 6.07) is 1.78. The quantitative estimate of drug-likeness (QED) is 0.685. The molecule has 0 aromatic carbocycles. The van der Waals surface area contributed by atoms with E-state index in [9.17, 15) is 4.79 Å². The molecule has 0 atom stereocenters. The summed E-state index contributed by atoms with van der Waals surface area (Å²) in [7, 11) is 1.73. The van der Waals surface area contributed by atoms with Gasteiger partial charge in [-0.15, -0.1) is 0 Å². The largest absolute Gasteiger partial charge is 0.313 e. The number of hydrogen-bond donors (Lipinski definition) is 2. The highest BCUT2D eigenvalue weighted by molar-refractivity contribution is 6.06. The minimum atomic E-state index is -0.0232. The molecule has 0 saturated heterocycles. The molecule has 2 N–H and O–H groups in total. The van der Waals surface area contributed by atoms with Crippen molar-refractivity contribution in [3.8, 4) is 0 Å². The molecule has 0 aliphatic carbocycles. The van der Waals surface area contributed by atoms with Gasteiger partial charge in [-0.3, -0.25) is 14.9 Å². The number of Topliss-reactive ketones (excluding diaryl/α,β-unsaturated/α-hetero) is 1. The number of hydrogen-bond acceptors (Lipinski definition) is 4. The molecule has 0 fully saturated rings. The monoisotopic (exact) mass is 190 g/mol. The van der Waals surface area contributed by atoms with Crippen LogP contribution < -0.4 is 5.32 Å². The van der Waals surface area contributed by atoms with Crippen molar-refractivity contribution in [2.45, 2.75) is 0 Å². The molecule has 0 amide bonds. The molecule has 72 valence electrons. The van der Waals surface area contributed by atoms with E-state index in [2.05, 4.69) is 20.5 Å². The van der Waals surface area contributed by atoms with Crippen molar-refractivity contribution >= 4 is 16.7 Å². The summed E-state index contributed by atoms with van der Waals surface area (Å²) in [6.45, 7) is 0.294. The highest BCUT2D eigenvalue weighted by atomic mass is 16.1. The molecule has 14 heavy (non-hydrogen) atoms. The van der Waals surface area contributed by atoms with Gasteiger partial charge in [0.15, 0.2) is 5.78 Å². The van der Waals surface area contributed by atoms with Crippen LogP contribution in [-0.2, 0) is 0 Å². The number of likely N-dealkylation sites (N-methyl/N-ethyl adjacent to an activating group) is 1. The second-order valence-corrected chi connectivity index (χ2v) is 2.95. The van der Waals surface area contributed by atoms with E-state index in [1.54, 1.807) is 25.5 Å². The second-order valence-electron chi connectivity index (χ2n) is 2.95. The molecule has 0 bridgehead atoms. The summed E-state index contributed by atoms with van der Waals surface area (Å²) in [6.07, 6.45) is 3.30. The van der Waals surface area contributed by atoms with Crippen LogP contribution in [0.1, 0.15) is 10.5 Å². The van der Waals surface area contributed by atoms with Crippen molar-refractivity contribution in [2.75, 3.05) is 13.6 Å². The highest BCUT2D eigenvalue weighted by Crippen LogP contribution is 2.13. The van der Waals surface area contributed by atoms with Gasteiger partial charge in [-0.05, 0) is 13.1 Å². The third-order valence-corrected chi connectivity index (χ3v) is 1.97. The van der Waals surface area contributed by atoms with Crippen LogP contribution in [0, 0.1) is 0 Å². The Morgan fingerprint density at radius 1 is 1.64 bits per heavy atom. The maximum atomic E-state index is 11.6. The summed E-state index contributed by atoms with van der Waals surface area (Å²) in [5, 5.41) is 10.3. The maximum Gasteiger partial charge on any atom is 0.197 e. The van der Waals surface area contributed by atoms with E-state index < -0.39 is 0 Å². The number of nitrogens with one attached hydrogen (secondary N) is 2. The topological polar surface area (TPSA) is 70.7 Å². The van der Waals surface area contributed by atoms with Crippen LogP contribution in [0.25, 0.3) is 10.9 Å². The molecule has 5 heteroatoms. The predicted octanol–water partition coefficient (Wildman–Crippen LogP) is 0.360. The van der Waals surface area contributed by atoms with Gasteiger partial charge in [0.05, 0.1) is 18.3 Å². The predicted molar refractivity (Wildman–Crippen MR) is 52.1 cm³/mol. The van der Waals surface area contributed by atoms with Gasteiger partial charge in [0.25, 0.3) is 0 Å². The van der Waals surface area contributed by atoms with Gasteiger partial charge in [-0.1, -0.05) is 0 Å². The van der Waals surface area contributed by atoms with Crippen LogP contribution in [0.15, 0.2) is 18.5 Å². The van der Waals surface area contributed by atoms with Gasteiger partial charge < -0.3 is 5.32 Å². The number of fused-ring (bicyclic) bond motifs is 1. The molecule has 2 heterocycles. The van der Waals surface area contributed by atoms with E-state index in [1.807, 2.05) is 0 Å². The lowest BCUT2D eigenvalue weighted by atomic mass is 10.2. The number of aromatic amines is 1. The number of ketones is 1. The summed E-state index contributed by atoms with van der Waals surface area (Å²) in [5.41, 5.74) is 1.25. The van der Waals surface area contributed by atoms with E-state index in [0.717, 1.165) is 10.9 Å². The average Bonchev–Trinajstić information content (AvgIpc) is 2.61. The molecular weight excluding hydrogens is 180 g/mol. The van der Waals surface area contributed by atoms with Crippen molar-refractivity contribution in [3.05, 3.63) is 24.2 Å². The second kappa shape index (κ2) is 3.55. The zero-order chi connectivity index (χ0) is 9.97. The minimum Gasteiger partial charge on any atom is -0.313 e. The number of carbonyl (C=O) groups is 1. The van der Waals surface area contributed by atoms with Crippen LogP contribution in [-0.4, -0.2) is 34.6 Å². The number of rotatable bonds is 3. The maximum absolute atomic E-state index is 11.6. The SMILES string of the molecule is CNCC(=O)c1n[nH]c2cnccc12. The molecule has 0 aliphatic rings. The van der Waals surface area contributed by atoms with Crippen LogP contribution in [0.2, 0.25) is 0 Å². The Labute approximate surface area is 80.5 Å². The van der Waals surface area contributed by atoms with Gasteiger partial charge in [-0.25, -0.2) is 0 Å². The van der Waals surface area contributed by atoms with E-state index in [4.69, 9.17) is 0 Å². The van der Waals surface area contributed by atoms with Gasteiger partial charge in [0.1, 0.15) is 5.69 Å². The fourth-order valence-corrected chi connectivity index (χ4v) is 1.32.